The third-order valence-electron chi connectivity index (χ3n) is 1.67. The van der Waals surface area contributed by atoms with Crippen LogP contribution in [0.25, 0.3) is 0 Å². The summed E-state index contributed by atoms with van der Waals surface area (Å²) in [4.78, 5) is 4.14. The Hall–Kier alpha value is -1.30. The Balaban J connectivity index is 4.30. The fourth-order valence-electron chi connectivity index (χ4n) is 0.898. The Labute approximate surface area is 84.2 Å². The van der Waals surface area contributed by atoms with Crippen LogP contribution in [0.5, 0.6) is 0 Å². The van der Waals surface area contributed by atoms with Gasteiger partial charge < -0.3 is 16.2 Å². The molecule has 0 amide bonds. The van der Waals surface area contributed by atoms with Gasteiger partial charge in [0.25, 0.3) is 0 Å². The summed E-state index contributed by atoms with van der Waals surface area (Å²) in [5.41, 5.74) is 10.6. The number of guanidine groups is 2. The summed E-state index contributed by atoms with van der Waals surface area (Å²) in [6, 6.07) is -0.0214. The van der Waals surface area contributed by atoms with Crippen LogP contribution >= 0.6 is 0 Å². The van der Waals surface area contributed by atoms with E-state index in [-0.39, 0.29) is 18.0 Å². The zero-order valence-electron chi connectivity index (χ0n) is 8.87. The van der Waals surface area contributed by atoms with Gasteiger partial charge in [0.2, 0.25) is 0 Å². The van der Waals surface area contributed by atoms with E-state index >= 15 is 0 Å². The lowest BCUT2D eigenvalue weighted by Gasteiger charge is -2.16. The molecule has 0 fully saturated rings. The lowest BCUT2D eigenvalue weighted by atomic mass is 10.1. The van der Waals surface area contributed by atoms with E-state index in [1.165, 1.54) is 0 Å². The molecule has 0 aliphatic heterocycles. The highest BCUT2D eigenvalue weighted by molar-refractivity contribution is 5.95. The molecule has 0 heterocycles. The number of nitrogens with zero attached hydrogens (tertiary/aromatic N) is 1. The average molecular weight is 201 g/mol. The lowest BCUT2D eigenvalue weighted by Crippen LogP contribution is -2.42. The normalized spacial score (nSPS) is 14.1. The van der Waals surface area contributed by atoms with E-state index in [0.717, 1.165) is 0 Å². The largest absolute Gasteiger partial charge is 0.382 e. The van der Waals surface area contributed by atoms with Crippen LogP contribution in [0, 0.1) is 11.3 Å². The summed E-state index contributed by atoms with van der Waals surface area (Å²) < 4.78 is 5.00. The molecule has 6 nitrogen and oxygen atoms in total. The van der Waals surface area contributed by atoms with E-state index in [1.807, 2.05) is 13.8 Å². The number of methoxy groups -OCH3 is 1. The molecule has 0 aromatic heterocycles. The maximum atomic E-state index is 6.95. The van der Waals surface area contributed by atoms with Crippen LogP contribution < -0.4 is 16.8 Å². The zero-order valence-corrected chi connectivity index (χ0v) is 8.87. The highest BCUT2D eigenvalue weighted by Crippen LogP contribution is 2.05. The molecule has 0 aliphatic rings. The molecule has 1 unspecified atom stereocenters. The first-order chi connectivity index (χ1) is 6.47. The second kappa shape index (κ2) is 6.20. The number of nitrogens with two attached hydrogens (primary N) is 2. The molecule has 0 saturated heterocycles. The molecule has 1 atom stereocenters. The van der Waals surface area contributed by atoms with Crippen molar-refractivity contribution in [2.45, 2.75) is 19.9 Å². The van der Waals surface area contributed by atoms with Gasteiger partial charge in [-0.05, 0) is 5.92 Å². The Morgan fingerprint density at radius 2 is 2.07 bits per heavy atom. The highest BCUT2D eigenvalue weighted by Gasteiger charge is 2.12. The van der Waals surface area contributed by atoms with E-state index in [4.69, 9.17) is 21.6 Å². The minimum atomic E-state index is -0.217. The number of hydrogen-bond donors (Lipinski definition) is 4. The van der Waals surface area contributed by atoms with E-state index < -0.39 is 0 Å². The third-order valence-corrected chi connectivity index (χ3v) is 1.67. The molecule has 0 saturated carbocycles. The van der Waals surface area contributed by atoms with Crippen LogP contribution in [0.3, 0.4) is 0 Å². The van der Waals surface area contributed by atoms with Crippen molar-refractivity contribution in [2.75, 3.05) is 13.7 Å². The van der Waals surface area contributed by atoms with Gasteiger partial charge in [0.15, 0.2) is 11.9 Å². The second-order valence-corrected chi connectivity index (χ2v) is 3.32. The van der Waals surface area contributed by atoms with Gasteiger partial charge in [-0.3, -0.25) is 10.7 Å². The van der Waals surface area contributed by atoms with Gasteiger partial charge in [-0.15, -0.1) is 0 Å². The first kappa shape index (κ1) is 12.7. The molecule has 0 spiro atoms. The smallest absolute Gasteiger partial charge is 0.195 e. The van der Waals surface area contributed by atoms with Crippen molar-refractivity contribution in [2.24, 2.45) is 22.4 Å². The van der Waals surface area contributed by atoms with E-state index in [1.54, 1.807) is 7.11 Å². The van der Waals surface area contributed by atoms with Gasteiger partial charge in [0.1, 0.15) is 0 Å². The minimum absolute atomic E-state index is 0.0214. The van der Waals surface area contributed by atoms with Gasteiger partial charge in [0.05, 0.1) is 12.6 Å². The van der Waals surface area contributed by atoms with Crippen molar-refractivity contribution >= 4 is 11.9 Å². The predicted molar refractivity (Wildman–Crippen MR) is 57.2 cm³/mol. The van der Waals surface area contributed by atoms with Crippen molar-refractivity contribution in [3.8, 4) is 0 Å². The van der Waals surface area contributed by atoms with Crippen molar-refractivity contribution in [1.82, 2.24) is 5.32 Å². The summed E-state index contributed by atoms with van der Waals surface area (Å²) in [5, 5.41) is 9.37. The molecule has 0 bridgehead atoms. The first-order valence-corrected chi connectivity index (χ1v) is 4.40. The van der Waals surface area contributed by atoms with Gasteiger partial charge in [0, 0.05) is 7.11 Å². The zero-order chi connectivity index (χ0) is 11.1. The van der Waals surface area contributed by atoms with E-state index in [0.29, 0.717) is 12.5 Å². The standard InChI is InChI=1S/C8H19N5O/c1-5(2)6(4-14-3)12-8(11)13-7(9)10/h5-6H,4H2,1-3H3,(H6,9,10,11,12,13). The van der Waals surface area contributed by atoms with Crippen molar-refractivity contribution in [1.29, 1.82) is 5.41 Å². The van der Waals surface area contributed by atoms with Crippen LogP contribution in [0.1, 0.15) is 13.8 Å². The van der Waals surface area contributed by atoms with Gasteiger partial charge in [-0.1, -0.05) is 13.8 Å². The minimum Gasteiger partial charge on any atom is -0.382 e. The lowest BCUT2D eigenvalue weighted by molar-refractivity contribution is 0.165. The SMILES string of the molecule is COCC(N=C(N)NC(=N)N)C(C)C. The topological polar surface area (TPSA) is 110 Å². The molecule has 0 rings (SSSR count). The molecular formula is C8H19N5O. The summed E-state index contributed by atoms with van der Waals surface area (Å²) in [7, 11) is 1.61. The number of hydrogen-bond acceptors (Lipinski definition) is 3. The molecule has 0 aromatic carbocycles. The molecule has 0 radical (unpaired) electrons. The predicted octanol–water partition coefficient (Wildman–Crippen LogP) is -0.545. The molecule has 0 aromatic rings. The van der Waals surface area contributed by atoms with Crippen LogP contribution in [0.4, 0.5) is 0 Å². The van der Waals surface area contributed by atoms with E-state index in [2.05, 4.69) is 10.3 Å². The molecular weight excluding hydrogens is 182 g/mol. The summed E-state index contributed by atoms with van der Waals surface area (Å²) in [6.45, 7) is 4.54. The molecule has 82 valence electrons. The van der Waals surface area contributed by atoms with Gasteiger partial charge >= 0.3 is 0 Å². The molecule has 0 aliphatic carbocycles. The Morgan fingerprint density at radius 1 is 1.50 bits per heavy atom. The maximum Gasteiger partial charge on any atom is 0.195 e. The monoisotopic (exact) mass is 201 g/mol. The molecule has 6 heteroatoms. The fourth-order valence-corrected chi connectivity index (χ4v) is 0.898. The Kier molecular flexibility index (Phi) is 5.62. The van der Waals surface area contributed by atoms with E-state index in [9.17, 15) is 0 Å². The van der Waals surface area contributed by atoms with Gasteiger partial charge in [-0.2, -0.15) is 0 Å². The summed E-state index contributed by atoms with van der Waals surface area (Å²) in [6.07, 6.45) is 0. The van der Waals surface area contributed by atoms with Crippen LogP contribution in [-0.2, 0) is 4.74 Å². The fraction of sp³-hybridized carbons (Fsp3) is 0.750. The maximum absolute atomic E-state index is 6.95. The number of ether oxygens (including phenoxy) is 1. The summed E-state index contributed by atoms with van der Waals surface area (Å²) in [5.74, 6) is 0.252. The Morgan fingerprint density at radius 3 is 2.43 bits per heavy atom. The second-order valence-electron chi connectivity index (χ2n) is 3.32. The molecule has 6 N–H and O–H groups in total. The quantitative estimate of drug-likeness (QED) is 0.361. The Bertz CT molecular complexity index is 214. The summed E-state index contributed by atoms with van der Waals surface area (Å²) >= 11 is 0. The number of aliphatic imine (C=N–C) groups is 1. The first-order valence-electron chi connectivity index (χ1n) is 4.40. The van der Waals surface area contributed by atoms with Crippen molar-refractivity contribution < 1.29 is 4.74 Å². The third kappa shape index (κ3) is 5.36. The average Bonchev–Trinajstić information content (AvgIpc) is 2.01. The van der Waals surface area contributed by atoms with Gasteiger partial charge in [-0.25, -0.2) is 4.99 Å². The number of rotatable bonds is 4. The van der Waals surface area contributed by atoms with Crippen LogP contribution in [-0.4, -0.2) is 31.7 Å². The molecule has 14 heavy (non-hydrogen) atoms. The van der Waals surface area contributed by atoms with Crippen molar-refractivity contribution in [3.05, 3.63) is 0 Å². The highest BCUT2D eigenvalue weighted by atomic mass is 16.5. The van der Waals surface area contributed by atoms with Crippen molar-refractivity contribution in [3.63, 3.8) is 0 Å². The number of nitrogens with one attached hydrogen (secondary N) is 2. The van der Waals surface area contributed by atoms with Crippen LogP contribution in [0.15, 0.2) is 4.99 Å². The van der Waals surface area contributed by atoms with Crippen LogP contribution in [0.2, 0.25) is 0 Å².